The molecule has 0 saturated carbocycles. The molecule has 0 bridgehead atoms. The molecule has 1 aliphatic rings. The SMILES string of the molecule is O=P([O-])([O-])C1CCNC1. The Morgan fingerprint density at radius 1 is 1.56 bits per heavy atom. The van der Waals surface area contributed by atoms with Crippen LogP contribution in [0.4, 0.5) is 0 Å². The van der Waals surface area contributed by atoms with Crippen LogP contribution in [0.15, 0.2) is 0 Å². The van der Waals surface area contributed by atoms with E-state index in [4.69, 9.17) is 0 Å². The van der Waals surface area contributed by atoms with Gasteiger partial charge >= 0.3 is 0 Å². The van der Waals surface area contributed by atoms with Crippen LogP contribution in [-0.2, 0) is 4.57 Å². The second-order valence-electron chi connectivity index (χ2n) is 2.19. The molecule has 1 unspecified atom stereocenters. The van der Waals surface area contributed by atoms with Crippen molar-refractivity contribution in [2.24, 2.45) is 0 Å². The first-order chi connectivity index (χ1) is 4.11. The molecule has 1 saturated heterocycles. The zero-order chi connectivity index (χ0) is 6.91. The molecule has 54 valence electrons. The maximum Gasteiger partial charge on any atom is 0.00262 e. The molecule has 1 aliphatic heterocycles. The molecule has 0 amide bonds. The van der Waals surface area contributed by atoms with Gasteiger partial charge in [0.05, 0.1) is 0 Å². The molecule has 1 atom stereocenters. The molecule has 1 rings (SSSR count). The Labute approximate surface area is 53.4 Å². The largest absolute Gasteiger partial charge is 0.810 e. The van der Waals surface area contributed by atoms with E-state index in [-0.39, 0.29) is 0 Å². The summed E-state index contributed by atoms with van der Waals surface area (Å²) in [5, 5.41) is 2.81. The predicted molar refractivity (Wildman–Crippen MR) is 28.9 cm³/mol. The fourth-order valence-corrected chi connectivity index (χ4v) is 1.71. The van der Waals surface area contributed by atoms with E-state index in [1.807, 2.05) is 0 Å². The summed E-state index contributed by atoms with van der Waals surface area (Å²) in [5.41, 5.74) is -0.655. The summed E-state index contributed by atoms with van der Waals surface area (Å²) in [6, 6.07) is 0. The van der Waals surface area contributed by atoms with E-state index in [0.717, 1.165) is 0 Å². The maximum atomic E-state index is 10.3. The number of nitrogens with one attached hydrogen (secondary N) is 1. The third kappa shape index (κ3) is 1.76. The van der Waals surface area contributed by atoms with Crippen molar-refractivity contribution in [3.63, 3.8) is 0 Å². The van der Waals surface area contributed by atoms with Crippen molar-refractivity contribution in [2.45, 2.75) is 12.1 Å². The number of hydrogen-bond acceptors (Lipinski definition) is 4. The van der Waals surface area contributed by atoms with Gasteiger partial charge in [0.2, 0.25) is 0 Å². The average Bonchev–Trinajstić information content (AvgIpc) is 2.08. The summed E-state index contributed by atoms with van der Waals surface area (Å²) in [6.07, 6.45) is 0.476. The lowest BCUT2D eigenvalue weighted by Gasteiger charge is -2.35. The summed E-state index contributed by atoms with van der Waals surface area (Å²) in [5.74, 6) is 0. The van der Waals surface area contributed by atoms with Gasteiger partial charge in [-0.25, -0.2) is 0 Å². The first-order valence-electron chi connectivity index (χ1n) is 2.83. The van der Waals surface area contributed by atoms with Crippen molar-refractivity contribution in [3.05, 3.63) is 0 Å². The first kappa shape index (κ1) is 7.22. The Morgan fingerprint density at radius 2 is 2.22 bits per heavy atom. The fourth-order valence-electron chi connectivity index (χ4n) is 0.909. The smallest absolute Gasteiger partial charge is 0.00262 e. The molecule has 0 spiro atoms. The van der Waals surface area contributed by atoms with Crippen molar-refractivity contribution >= 4 is 7.60 Å². The van der Waals surface area contributed by atoms with Gasteiger partial charge in [0.15, 0.2) is 0 Å². The van der Waals surface area contributed by atoms with E-state index in [2.05, 4.69) is 5.32 Å². The lowest BCUT2D eigenvalue weighted by atomic mass is 10.4. The van der Waals surface area contributed by atoms with Crippen molar-refractivity contribution < 1.29 is 14.4 Å². The topological polar surface area (TPSA) is 75.2 Å². The molecule has 0 aromatic rings. The lowest BCUT2D eigenvalue weighted by molar-refractivity contribution is -0.316. The summed E-state index contributed by atoms with van der Waals surface area (Å²) >= 11 is 0. The summed E-state index contributed by atoms with van der Waals surface area (Å²) < 4.78 is 10.3. The zero-order valence-corrected chi connectivity index (χ0v) is 5.77. The van der Waals surface area contributed by atoms with E-state index in [0.29, 0.717) is 19.5 Å². The van der Waals surface area contributed by atoms with Gasteiger partial charge < -0.3 is 19.7 Å². The highest BCUT2D eigenvalue weighted by Crippen LogP contribution is 2.34. The highest BCUT2D eigenvalue weighted by atomic mass is 31.2. The first-order valence-corrected chi connectivity index (χ1v) is 4.44. The van der Waals surface area contributed by atoms with E-state index in [9.17, 15) is 14.4 Å². The van der Waals surface area contributed by atoms with Crippen LogP contribution in [0.5, 0.6) is 0 Å². The van der Waals surface area contributed by atoms with Crippen LogP contribution in [0.3, 0.4) is 0 Å². The van der Waals surface area contributed by atoms with Gasteiger partial charge in [0.1, 0.15) is 0 Å². The minimum Gasteiger partial charge on any atom is -0.810 e. The molecular weight excluding hydrogens is 141 g/mol. The third-order valence-corrected chi connectivity index (χ3v) is 2.82. The predicted octanol–water partition coefficient (Wildman–Crippen LogP) is -1.74. The van der Waals surface area contributed by atoms with Crippen molar-refractivity contribution in [1.82, 2.24) is 5.32 Å². The number of hydrogen-bond donors (Lipinski definition) is 1. The summed E-state index contributed by atoms with van der Waals surface area (Å²) in [7, 11) is -4.28. The van der Waals surface area contributed by atoms with E-state index in [1.165, 1.54) is 0 Å². The Bertz CT molecular complexity index is 137. The van der Waals surface area contributed by atoms with Gasteiger partial charge in [0.25, 0.3) is 0 Å². The fraction of sp³-hybridized carbons (Fsp3) is 1.00. The second-order valence-corrected chi connectivity index (χ2v) is 4.00. The van der Waals surface area contributed by atoms with Crippen LogP contribution in [0.2, 0.25) is 0 Å². The highest BCUT2D eigenvalue weighted by Gasteiger charge is 2.16. The lowest BCUT2D eigenvalue weighted by Crippen LogP contribution is -2.27. The molecule has 5 heteroatoms. The molecule has 9 heavy (non-hydrogen) atoms. The Morgan fingerprint density at radius 3 is 2.44 bits per heavy atom. The van der Waals surface area contributed by atoms with Crippen LogP contribution in [0.1, 0.15) is 6.42 Å². The molecule has 1 fully saturated rings. The van der Waals surface area contributed by atoms with Crippen LogP contribution >= 0.6 is 7.60 Å². The van der Waals surface area contributed by atoms with Crippen LogP contribution in [-0.4, -0.2) is 18.7 Å². The van der Waals surface area contributed by atoms with E-state index < -0.39 is 13.3 Å². The quantitative estimate of drug-likeness (QED) is 0.449. The molecule has 0 radical (unpaired) electrons. The molecule has 0 aromatic heterocycles. The second kappa shape index (κ2) is 2.39. The van der Waals surface area contributed by atoms with E-state index in [1.54, 1.807) is 0 Å². The Hall–Kier alpha value is 0.110. The van der Waals surface area contributed by atoms with Gasteiger partial charge in [-0.1, -0.05) is 7.60 Å². The molecule has 1 heterocycles. The van der Waals surface area contributed by atoms with E-state index >= 15 is 0 Å². The van der Waals surface area contributed by atoms with Crippen molar-refractivity contribution in [1.29, 1.82) is 0 Å². The van der Waals surface area contributed by atoms with Crippen molar-refractivity contribution in [2.75, 3.05) is 13.1 Å². The normalized spacial score (nSPS) is 28.9. The zero-order valence-electron chi connectivity index (χ0n) is 4.87. The standard InChI is InChI=1S/C4H10NO3P/c6-9(7,8)4-1-2-5-3-4/h4-5H,1-3H2,(H2,6,7,8)/p-2. The average molecular weight is 149 g/mol. The van der Waals surface area contributed by atoms with Gasteiger partial charge in [-0.3, -0.25) is 0 Å². The number of rotatable bonds is 1. The van der Waals surface area contributed by atoms with Gasteiger partial charge in [-0.15, -0.1) is 0 Å². The Balaban J connectivity index is 2.52. The molecule has 0 aliphatic carbocycles. The molecule has 4 nitrogen and oxygen atoms in total. The minimum absolute atomic E-state index is 0.338. The third-order valence-electron chi connectivity index (χ3n) is 1.48. The van der Waals surface area contributed by atoms with Crippen LogP contribution in [0, 0.1) is 0 Å². The highest BCUT2D eigenvalue weighted by molar-refractivity contribution is 7.49. The molecular formula is C4H8NO3P-2. The minimum atomic E-state index is -4.28. The summed E-state index contributed by atoms with van der Waals surface area (Å²) in [4.78, 5) is 20.5. The van der Waals surface area contributed by atoms with Crippen LogP contribution in [0.25, 0.3) is 0 Å². The van der Waals surface area contributed by atoms with Gasteiger partial charge in [0, 0.05) is 12.2 Å². The van der Waals surface area contributed by atoms with Gasteiger partial charge in [-0.2, -0.15) is 0 Å². The monoisotopic (exact) mass is 149 g/mol. The maximum absolute atomic E-state index is 10.3. The molecule has 1 N–H and O–H groups in total. The Kier molecular flexibility index (Phi) is 1.91. The molecule has 0 aromatic carbocycles. The van der Waals surface area contributed by atoms with Gasteiger partial charge in [-0.05, 0) is 13.0 Å². The van der Waals surface area contributed by atoms with Crippen LogP contribution < -0.4 is 15.1 Å². The van der Waals surface area contributed by atoms with Crippen molar-refractivity contribution in [3.8, 4) is 0 Å². The summed E-state index contributed by atoms with van der Waals surface area (Å²) in [6.45, 7) is 0.989.